The van der Waals surface area contributed by atoms with Gasteiger partial charge in [-0.1, -0.05) is 23.7 Å². The summed E-state index contributed by atoms with van der Waals surface area (Å²) in [6.07, 6.45) is -2.78. The Balaban J connectivity index is 2.29. The molecule has 0 aromatic heterocycles. The number of anilines is 1. The third-order valence-electron chi connectivity index (χ3n) is 4.51. The highest BCUT2D eigenvalue weighted by atomic mass is 35.5. The minimum atomic E-state index is -4.50. The first-order chi connectivity index (χ1) is 12.2. The maximum atomic E-state index is 13.0. The van der Waals surface area contributed by atoms with E-state index in [-0.39, 0.29) is 12.1 Å². The molecule has 1 N–H and O–H groups in total. The van der Waals surface area contributed by atoms with Crippen molar-refractivity contribution < 1.29 is 22.7 Å². The Morgan fingerprint density at radius 3 is 2.58 bits per heavy atom. The molecule has 0 radical (unpaired) electrons. The number of nitrogens with one attached hydrogen (secondary N) is 1. The molecule has 7 heteroatoms. The fourth-order valence-electron chi connectivity index (χ4n) is 3.36. The van der Waals surface area contributed by atoms with Gasteiger partial charge in [0.25, 0.3) is 0 Å². The highest BCUT2D eigenvalue weighted by Gasteiger charge is 2.49. The van der Waals surface area contributed by atoms with Crippen molar-refractivity contribution in [3.63, 3.8) is 0 Å². The smallest absolute Gasteiger partial charge is 0.416 e. The standard InChI is InChI=1S/C19H15ClF3NO2/c1-3-8-18(14-10-12(20)5-7-16(14)26-2)13-6-4-11(19(21,22)23)9-15(13)24-17(18)25/h3-7,9-10H,1,8H2,2H3,(H,24,25). The van der Waals surface area contributed by atoms with Crippen molar-refractivity contribution in [2.75, 3.05) is 12.4 Å². The number of ether oxygens (including phenoxy) is 1. The van der Waals surface area contributed by atoms with E-state index in [1.807, 2.05) is 0 Å². The Labute approximate surface area is 153 Å². The van der Waals surface area contributed by atoms with E-state index in [2.05, 4.69) is 11.9 Å². The minimum Gasteiger partial charge on any atom is -0.496 e. The average molecular weight is 382 g/mol. The van der Waals surface area contributed by atoms with Crippen LogP contribution in [0.1, 0.15) is 23.1 Å². The molecular formula is C19H15ClF3NO2. The molecule has 1 atom stereocenters. The highest BCUT2D eigenvalue weighted by Crippen LogP contribution is 2.50. The number of fused-ring (bicyclic) bond motifs is 1. The van der Waals surface area contributed by atoms with Gasteiger partial charge in [-0.3, -0.25) is 4.79 Å². The van der Waals surface area contributed by atoms with Crippen molar-refractivity contribution >= 4 is 23.2 Å². The zero-order valence-corrected chi connectivity index (χ0v) is 14.5. The molecular weight excluding hydrogens is 367 g/mol. The lowest BCUT2D eigenvalue weighted by Gasteiger charge is -2.29. The van der Waals surface area contributed by atoms with Gasteiger partial charge in [-0.05, 0) is 42.3 Å². The fourth-order valence-corrected chi connectivity index (χ4v) is 3.53. The van der Waals surface area contributed by atoms with Gasteiger partial charge in [0, 0.05) is 16.3 Å². The second-order valence-corrected chi connectivity index (χ2v) is 6.39. The van der Waals surface area contributed by atoms with Crippen molar-refractivity contribution in [3.05, 3.63) is 70.8 Å². The molecule has 1 heterocycles. The summed E-state index contributed by atoms with van der Waals surface area (Å²) >= 11 is 6.11. The zero-order chi connectivity index (χ0) is 19.1. The Bertz CT molecular complexity index is 895. The van der Waals surface area contributed by atoms with Crippen LogP contribution in [0.5, 0.6) is 5.75 Å². The van der Waals surface area contributed by atoms with Crippen LogP contribution in [0.3, 0.4) is 0 Å². The van der Waals surface area contributed by atoms with Crippen molar-refractivity contribution in [2.24, 2.45) is 0 Å². The quantitative estimate of drug-likeness (QED) is 0.741. The number of allylic oxidation sites excluding steroid dienone is 1. The van der Waals surface area contributed by atoms with Crippen LogP contribution in [-0.4, -0.2) is 13.0 Å². The van der Waals surface area contributed by atoms with E-state index < -0.39 is 23.1 Å². The molecule has 0 fully saturated rings. The first-order valence-electron chi connectivity index (χ1n) is 7.72. The summed E-state index contributed by atoms with van der Waals surface area (Å²) in [5.41, 5.74) is -1.07. The number of hydrogen-bond acceptors (Lipinski definition) is 2. The predicted octanol–water partition coefficient (Wildman–Crippen LogP) is 5.18. The van der Waals surface area contributed by atoms with Crippen LogP contribution in [0.2, 0.25) is 5.02 Å². The maximum absolute atomic E-state index is 13.0. The SMILES string of the molecule is C=CCC1(c2cc(Cl)ccc2OC)C(=O)Nc2cc(C(F)(F)F)ccc21. The lowest BCUT2D eigenvalue weighted by molar-refractivity contribution is -0.137. The van der Waals surface area contributed by atoms with Gasteiger partial charge < -0.3 is 10.1 Å². The molecule has 26 heavy (non-hydrogen) atoms. The maximum Gasteiger partial charge on any atom is 0.416 e. The molecule has 3 nitrogen and oxygen atoms in total. The molecule has 1 unspecified atom stereocenters. The Hall–Kier alpha value is -2.47. The molecule has 1 amide bonds. The molecule has 2 aromatic rings. The van der Waals surface area contributed by atoms with E-state index >= 15 is 0 Å². The monoisotopic (exact) mass is 381 g/mol. The molecule has 136 valence electrons. The number of amides is 1. The van der Waals surface area contributed by atoms with Gasteiger partial charge in [-0.15, -0.1) is 6.58 Å². The number of rotatable bonds is 4. The minimum absolute atomic E-state index is 0.119. The Morgan fingerprint density at radius 2 is 1.96 bits per heavy atom. The summed E-state index contributed by atoms with van der Waals surface area (Å²) in [5.74, 6) is -0.0357. The van der Waals surface area contributed by atoms with E-state index in [0.717, 1.165) is 12.1 Å². The summed E-state index contributed by atoms with van der Waals surface area (Å²) in [6.45, 7) is 3.70. The Kier molecular flexibility index (Phi) is 4.48. The molecule has 0 bridgehead atoms. The third-order valence-corrected chi connectivity index (χ3v) is 4.75. The van der Waals surface area contributed by atoms with Crippen LogP contribution in [0.25, 0.3) is 0 Å². The van der Waals surface area contributed by atoms with Crippen molar-refractivity contribution in [2.45, 2.75) is 18.0 Å². The lowest BCUT2D eigenvalue weighted by Crippen LogP contribution is -2.35. The van der Waals surface area contributed by atoms with Gasteiger partial charge in [0.15, 0.2) is 0 Å². The average Bonchev–Trinajstić information content (AvgIpc) is 2.86. The number of carbonyl (C=O) groups excluding carboxylic acids is 1. The van der Waals surface area contributed by atoms with Gasteiger partial charge in [0.05, 0.1) is 12.7 Å². The molecule has 0 saturated heterocycles. The number of alkyl halides is 3. The summed E-state index contributed by atoms with van der Waals surface area (Å²) in [6, 6.07) is 8.06. The molecule has 0 saturated carbocycles. The molecule has 1 aliphatic rings. The molecule has 2 aromatic carbocycles. The fraction of sp³-hybridized carbons (Fsp3) is 0.211. The van der Waals surface area contributed by atoms with Gasteiger partial charge >= 0.3 is 6.18 Å². The number of methoxy groups -OCH3 is 1. The van der Waals surface area contributed by atoms with Crippen LogP contribution < -0.4 is 10.1 Å². The summed E-state index contributed by atoms with van der Waals surface area (Å²) in [4.78, 5) is 12.9. The van der Waals surface area contributed by atoms with E-state index in [4.69, 9.17) is 16.3 Å². The van der Waals surface area contributed by atoms with Gasteiger partial charge in [0.2, 0.25) is 5.91 Å². The predicted molar refractivity (Wildman–Crippen MR) is 93.7 cm³/mol. The van der Waals surface area contributed by atoms with Crippen LogP contribution in [0.15, 0.2) is 49.1 Å². The summed E-state index contributed by atoms with van der Waals surface area (Å²) < 4.78 is 44.4. The molecule has 1 aliphatic heterocycles. The van der Waals surface area contributed by atoms with Crippen LogP contribution in [-0.2, 0) is 16.4 Å². The largest absolute Gasteiger partial charge is 0.496 e. The van der Waals surface area contributed by atoms with Crippen molar-refractivity contribution in [1.82, 2.24) is 0 Å². The van der Waals surface area contributed by atoms with Crippen molar-refractivity contribution in [1.29, 1.82) is 0 Å². The van der Waals surface area contributed by atoms with E-state index in [9.17, 15) is 18.0 Å². The summed E-state index contributed by atoms with van der Waals surface area (Å²) in [5, 5.41) is 2.96. The second-order valence-electron chi connectivity index (χ2n) is 5.95. The lowest BCUT2D eigenvalue weighted by atomic mass is 9.72. The first kappa shape index (κ1) is 18.3. The van der Waals surface area contributed by atoms with Gasteiger partial charge in [0.1, 0.15) is 11.2 Å². The molecule has 0 spiro atoms. The molecule has 0 aliphatic carbocycles. The molecule has 3 rings (SSSR count). The van der Waals surface area contributed by atoms with E-state index in [1.54, 1.807) is 24.3 Å². The van der Waals surface area contributed by atoms with Crippen LogP contribution in [0, 0.1) is 0 Å². The van der Waals surface area contributed by atoms with Crippen LogP contribution in [0.4, 0.5) is 18.9 Å². The number of halogens is 4. The topological polar surface area (TPSA) is 38.3 Å². The first-order valence-corrected chi connectivity index (χ1v) is 8.10. The van der Waals surface area contributed by atoms with E-state index in [1.165, 1.54) is 13.2 Å². The van der Waals surface area contributed by atoms with Gasteiger partial charge in [-0.2, -0.15) is 13.2 Å². The number of hydrogen-bond donors (Lipinski definition) is 1. The van der Waals surface area contributed by atoms with Crippen molar-refractivity contribution in [3.8, 4) is 5.75 Å². The number of carbonyl (C=O) groups is 1. The summed E-state index contributed by atoms with van der Waals surface area (Å²) in [7, 11) is 1.45. The Morgan fingerprint density at radius 1 is 1.23 bits per heavy atom. The third kappa shape index (κ3) is 2.74. The van der Waals surface area contributed by atoms with Crippen LogP contribution >= 0.6 is 11.6 Å². The highest BCUT2D eigenvalue weighted by molar-refractivity contribution is 6.30. The number of benzene rings is 2. The van der Waals surface area contributed by atoms with E-state index in [0.29, 0.717) is 21.9 Å². The normalized spacial score (nSPS) is 19.0. The van der Waals surface area contributed by atoms with Gasteiger partial charge in [-0.25, -0.2) is 0 Å². The zero-order valence-electron chi connectivity index (χ0n) is 13.8. The second kappa shape index (κ2) is 6.36.